The molecule has 0 heterocycles. The number of sulfonamides is 1. The Labute approximate surface area is 248 Å². The number of hydrogen-bond donors (Lipinski definition) is 1. The molecule has 0 aromatic heterocycles. The summed E-state index contributed by atoms with van der Waals surface area (Å²) in [5.41, 5.74) is 3.09. The summed E-state index contributed by atoms with van der Waals surface area (Å²) in [7, 11) is -4.10. The average Bonchev–Trinajstić information content (AvgIpc) is 2.99. The van der Waals surface area contributed by atoms with Gasteiger partial charge in [-0.2, -0.15) is 0 Å². The topological polar surface area (TPSA) is 86.8 Å². The minimum Gasteiger partial charge on any atom is -0.352 e. The minimum absolute atomic E-state index is 0.0745. The highest BCUT2D eigenvalue weighted by atomic mass is 32.2. The Bertz CT molecular complexity index is 1580. The van der Waals surface area contributed by atoms with E-state index in [2.05, 4.69) is 5.32 Å². The van der Waals surface area contributed by atoms with Crippen LogP contribution >= 0.6 is 0 Å². The number of nitrogens with zero attached hydrogens (tertiary/aromatic N) is 2. The molecule has 42 heavy (non-hydrogen) atoms. The molecule has 0 aliphatic heterocycles. The molecule has 1 N–H and O–H groups in total. The first-order valence-corrected chi connectivity index (χ1v) is 15.4. The molecule has 0 fully saturated rings. The molecule has 4 rings (SSSR count). The first-order chi connectivity index (χ1) is 20.2. The predicted molar refractivity (Wildman–Crippen MR) is 166 cm³/mol. The smallest absolute Gasteiger partial charge is 0.264 e. The number of carbonyl (C=O) groups excluding carboxylic acids is 2. The Morgan fingerprint density at radius 1 is 0.762 bits per heavy atom. The van der Waals surface area contributed by atoms with Gasteiger partial charge in [0.25, 0.3) is 10.0 Å². The van der Waals surface area contributed by atoms with Crippen molar-refractivity contribution in [1.82, 2.24) is 10.2 Å². The molecule has 0 spiro atoms. The van der Waals surface area contributed by atoms with Crippen LogP contribution in [0.3, 0.4) is 0 Å². The van der Waals surface area contributed by atoms with Crippen LogP contribution in [0.2, 0.25) is 0 Å². The summed E-state index contributed by atoms with van der Waals surface area (Å²) in [4.78, 5) is 29.7. The van der Waals surface area contributed by atoms with Gasteiger partial charge in [0.05, 0.1) is 10.6 Å². The summed E-state index contributed by atoms with van der Waals surface area (Å²) in [6.45, 7) is 5.35. The summed E-state index contributed by atoms with van der Waals surface area (Å²) in [6, 6.07) is 32.8. The fraction of sp³-hybridized carbons (Fsp3) is 0.235. The second kappa shape index (κ2) is 14.0. The quantitative estimate of drug-likeness (QED) is 0.244. The van der Waals surface area contributed by atoms with Crippen molar-refractivity contribution in [1.29, 1.82) is 0 Å². The standard InChI is InChI=1S/C34H37N3O4S/c1-26(2)35-34(39)32(23-28-16-7-4-8-17-28)36(24-29-18-14-13-15-27(29)3)33(38)25-37(30-19-9-5-10-20-30)42(40,41)31-21-11-6-12-22-31/h4-22,26,32H,23-25H2,1-3H3,(H,35,39)/t32-/m1/s1. The van der Waals surface area contributed by atoms with Gasteiger partial charge in [-0.3, -0.25) is 13.9 Å². The van der Waals surface area contributed by atoms with Crippen LogP contribution in [0.5, 0.6) is 0 Å². The lowest BCUT2D eigenvalue weighted by molar-refractivity contribution is -0.140. The lowest BCUT2D eigenvalue weighted by Crippen LogP contribution is -2.54. The number of amides is 2. The lowest BCUT2D eigenvalue weighted by Gasteiger charge is -2.34. The number of aryl methyl sites for hydroxylation is 1. The maximum Gasteiger partial charge on any atom is 0.264 e. The highest BCUT2D eigenvalue weighted by molar-refractivity contribution is 7.92. The van der Waals surface area contributed by atoms with Crippen LogP contribution < -0.4 is 9.62 Å². The second-order valence-corrected chi connectivity index (χ2v) is 12.3. The van der Waals surface area contributed by atoms with E-state index in [0.29, 0.717) is 5.69 Å². The molecule has 7 nitrogen and oxygen atoms in total. The molecule has 0 aliphatic rings. The van der Waals surface area contributed by atoms with Gasteiger partial charge in [-0.15, -0.1) is 0 Å². The summed E-state index contributed by atoms with van der Waals surface area (Å²) < 4.78 is 29.0. The van der Waals surface area contributed by atoms with Gasteiger partial charge in [-0.25, -0.2) is 8.42 Å². The zero-order chi connectivity index (χ0) is 30.1. The first-order valence-electron chi connectivity index (χ1n) is 14.0. The van der Waals surface area contributed by atoms with Crippen LogP contribution in [0.25, 0.3) is 0 Å². The predicted octanol–water partition coefficient (Wildman–Crippen LogP) is 5.36. The van der Waals surface area contributed by atoms with Gasteiger partial charge in [0.2, 0.25) is 11.8 Å². The summed E-state index contributed by atoms with van der Waals surface area (Å²) >= 11 is 0. The third-order valence-electron chi connectivity index (χ3n) is 6.96. The number of anilines is 1. The highest BCUT2D eigenvalue weighted by Gasteiger charge is 2.34. The molecule has 218 valence electrons. The van der Waals surface area contributed by atoms with Crippen molar-refractivity contribution < 1.29 is 18.0 Å². The molecule has 2 amide bonds. The Kier molecular flexibility index (Phi) is 10.1. The van der Waals surface area contributed by atoms with Gasteiger partial charge < -0.3 is 10.2 Å². The highest BCUT2D eigenvalue weighted by Crippen LogP contribution is 2.25. The molecule has 0 saturated heterocycles. The molecule has 0 aliphatic carbocycles. The summed E-state index contributed by atoms with van der Waals surface area (Å²) in [5.74, 6) is -0.783. The van der Waals surface area contributed by atoms with Crippen molar-refractivity contribution in [3.05, 3.63) is 132 Å². The van der Waals surface area contributed by atoms with Crippen LogP contribution in [0.1, 0.15) is 30.5 Å². The van der Waals surface area contributed by atoms with Gasteiger partial charge in [-0.05, 0) is 61.7 Å². The molecular weight excluding hydrogens is 546 g/mol. The Morgan fingerprint density at radius 3 is 1.90 bits per heavy atom. The number of benzene rings is 4. The van der Waals surface area contributed by atoms with E-state index in [4.69, 9.17) is 0 Å². The second-order valence-electron chi connectivity index (χ2n) is 10.5. The van der Waals surface area contributed by atoms with E-state index in [1.807, 2.05) is 75.4 Å². The summed E-state index contributed by atoms with van der Waals surface area (Å²) in [5, 5.41) is 2.98. The maximum atomic E-state index is 14.4. The molecule has 0 saturated carbocycles. The number of hydrogen-bond acceptors (Lipinski definition) is 4. The van der Waals surface area contributed by atoms with Crippen LogP contribution in [0.4, 0.5) is 5.69 Å². The molecule has 4 aromatic carbocycles. The Morgan fingerprint density at radius 2 is 1.31 bits per heavy atom. The third-order valence-corrected chi connectivity index (χ3v) is 8.75. The van der Waals surface area contributed by atoms with Gasteiger partial charge in [0, 0.05) is 19.0 Å². The third kappa shape index (κ3) is 7.64. The molecule has 0 bridgehead atoms. The van der Waals surface area contributed by atoms with Gasteiger partial charge in [-0.1, -0.05) is 91.0 Å². The molecule has 8 heteroatoms. The maximum absolute atomic E-state index is 14.4. The number of carbonyl (C=O) groups is 2. The van der Waals surface area contributed by atoms with E-state index in [0.717, 1.165) is 21.0 Å². The zero-order valence-electron chi connectivity index (χ0n) is 24.2. The molecule has 4 aromatic rings. The van der Waals surface area contributed by atoms with Crippen LogP contribution in [0.15, 0.2) is 120 Å². The van der Waals surface area contributed by atoms with Crippen LogP contribution in [0, 0.1) is 6.92 Å². The van der Waals surface area contributed by atoms with E-state index < -0.39 is 28.5 Å². The average molecular weight is 584 g/mol. The number of para-hydroxylation sites is 1. The van der Waals surface area contributed by atoms with E-state index in [1.165, 1.54) is 17.0 Å². The van der Waals surface area contributed by atoms with E-state index in [9.17, 15) is 18.0 Å². The van der Waals surface area contributed by atoms with E-state index in [1.54, 1.807) is 48.5 Å². The Balaban J connectivity index is 1.79. The normalized spacial score (nSPS) is 12.0. The minimum atomic E-state index is -4.10. The monoisotopic (exact) mass is 583 g/mol. The SMILES string of the molecule is Cc1ccccc1CN(C(=O)CN(c1ccccc1)S(=O)(=O)c1ccccc1)[C@H](Cc1ccccc1)C(=O)NC(C)C. The van der Waals surface area contributed by atoms with Crippen molar-refractivity contribution in [2.45, 2.75) is 50.7 Å². The van der Waals surface area contributed by atoms with Crippen LogP contribution in [-0.4, -0.2) is 43.8 Å². The fourth-order valence-electron chi connectivity index (χ4n) is 4.75. The first kappa shape index (κ1) is 30.5. The van der Waals surface area contributed by atoms with Crippen molar-refractivity contribution >= 4 is 27.5 Å². The van der Waals surface area contributed by atoms with Crippen molar-refractivity contribution in [2.24, 2.45) is 0 Å². The van der Waals surface area contributed by atoms with E-state index in [-0.39, 0.29) is 29.8 Å². The zero-order valence-corrected chi connectivity index (χ0v) is 25.0. The fourth-order valence-corrected chi connectivity index (χ4v) is 6.18. The van der Waals surface area contributed by atoms with Crippen molar-refractivity contribution in [3.63, 3.8) is 0 Å². The molecule has 0 radical (unpaired) electrons. The molecule has 0 unspecified atom stereocenters. The van der Waals surface area contributed by atoms with Crippen molar-refractivity contribution in [2.75, 3.05) is 10.8 Å². The van der Waals surface area contributed by atoms with Gasteiger partial charge in [0.1, 0.15) is 12.6 Å². The van der Waals surface area contributed by atoms with Gasteiger partial charge in [0.15, 0.2) is 0 Å². The largest absolute Gasteiger partial charge is 0.352 e. The summed E-state index contributed by atoms with van der Waals surface area (Å²) in [6.07, 6.45) is 0.272. The number of nitrogens with one attached hydrogen (secondary N) is 1. The van der Waals surface area contributed by atoms with Crippen LogP contribution in [-0.2, 0) is 32.6 Å². The number of rotatable bonds is 12. The molecular formula is C34H37N3O4S. The Hall–Kier alpha value is -4.43. The van der Waals surface area contributed by atoms with Gasteiger partial charge >= 0.3 is 0 Å². The van der Waals surface area contributed by atoms with E-state index >= 15 is 0 Å². The lowest BCUT2D eigenvalue weighted by atomic mass is 10.0. The van der Waals surface area contributed by atoms with Crippen molar-refractivity contribution in [3.8, 4) is 0 Å². The molecule has 1 atom stereocenters.